The molecule has 2 aromatic carbocycles. The summed E-state index contributed by atoms with van der Waals surface area (Å²) in [6.45, 7) is 2.53. The Hall–Kier alpha value is -2.91. The summed E-state index contributed by atoms with van der Waals surface area (Å²) < 4.78 is 32.2. The number of benzene rings is 2. The number of sulfonamides is 1. The van der Waals surface area contributed by atoms with Gasteiger partial charge < -0.3 is 15.4 Å². The normalized spacial score (nSPS) is 16.2. The molecule has 1 atom stereocenters. The van der Waals surface area contributed by atoms with Crippen molar-refractivity contribution in [3.63, 3.8) is 0 Å². The Morgan fingerprint density at radius 3 is 2.28 bits per heavy atom. The molecule has 32 heavy (non-hydrogen) atoms. The van der Waals surface area contributed by atoms with E-state index in [-0.39, 0.29) is 35.7 Å². The summed E-state index contributed by atoms with van der Waals surface area (Å²) in [4.78, 5) is 25.1. The number of piperidine rings is 1. The van der Waals surface area contributed by atoms with Crippen LogP contribution in [0.25, 0.3) is 0 Å². The molecule has 8 nitrogen and oxygen atoms in total. The molecule has 0 aromatic heterocycles. The fourth-order valence-electron chi connectivity index (χ4n) is 3.59. The van der Waals surface area contributed by atoms with E-state index in [4.69, 9.17) is 4.74 Å². The summed E-state index contributed by atoms with van der Waals surface area (Å²) in [5, 5.41) is 5.56. The molecule has 0 spiro atoms. The van der Waals surface area contributed by atoms with Crippen LogP contribution in [0.4, 0.5) is 0 Å². The fraction of sp³-hybridized carbons (Fsp3) is 0.391. The number of carbonyl (C=O) groups excluding carboxylic acids is 2. The zero-order chi connectivity index (χ0) is 23.1. The van der Waals surface area contributed by atoms with E-state index < -0.39 is 16.1 Å². The zero-order valence-electron chi connectivity index (χ0n) is 18.3. The highest BCUT2D eigenvalue weighted by Gasteiger charge is 2.32. The summed E-state index contributed by atoms with van der Waals surface area (Å²) in [6, 6.07) is 15.1. The predicted molar refractivity (Wildman–Crippen MR) is 120 cm³/mol. The third-order valence-electron chi connectivity index (χ3n) is 5.58. The number of carbonyl (C=O) groups is 2. The zero-order valence-corrected chi connectivity index (χ0v) is 19.1. The van der Waals surface area contributed by atoms with Crippen LogP contribution in [0.1, 0.15) is 25.3 Å². The highest BCUT2D eigenvalue weighted by molar-refractivity contribution is 7.89. The standard InChI is InChI=1S/C23H29N3O5S/c1-17(22(27)24-16-18-6-4-3-5-7-18)25-23(28)19-12-14-26(15-13-19)32(29,30)21-10-8-20(31-2)9-11-21/h3-11,17,19H,12-16H2,1-2H3,(H,24,27)(H,25,28). The molecule has 9 heteroatoms. The molecule has 1 fully saturated rings. The van der Waals surface area contributed by atoms with Gasteiger partial charge in [-0.15, -0.1) is 0 Å². The van der Waals surface area contributed by atoms with E-state index in [1.165, 1.54) is 23.5 Å². The van der Waals surface area contributed by atoms with E-state index in [2.05, 4.69) is 10.6 Å². The molecule has 2 aromatic rings. The molecule has 1 saturated heterocycles. The van der Waals surface area contributed by atoms with E-state index >= 15 is 0 Å². The SMILES string of the molecule is COc1ccc(S(=O)(=O)N2CCC(C(=O)NC(C)C(=O)NCc3ccccc3)CC2)cc1. The minimum Gasteiger partial charge on any atom is -0.497 e. The molecule has 172 valence electrons. The molecule has 1 aliphatic heterocycles. The van der Waals surface area contributed by atoms with Crippen molar-refractivity contribution in [2.75, 3.05) is 20.2 Å². The van der Waals surface area contributed by atoms with Crippen LogP contribution in [0.3, 0.4) is 0 Å². The lowest BCUT2D eigenvalue weighted by molar-refractivity contribution is -0.131. The van der Waals surface area contributed by atoms with E-state index in [1.807, 2.05) is 30.3 Å². The number of hydrogen-bond acceptors (Lipinski definition) is 5. The molecule has 0 saturated carbocycles. The predicted octanol–water partition coefficient (Wildman–Crippen LogP) is 1.92. The van der Waals surface area contributed by atoms with Gasteiger partial charge in [-0.3, -0.25) is 9.59 Å². The Kier molecular flexibility index (Phi) is 7.87. The van der Waals surface area contributed by atoms with Crippen molar-refractivity contribution in [3.05, 3.63) is 60.2 Å². The summed E-state index contributed by atoms with van der Waals surface area (Å²) in [7, 11) is -2.10. The van der Waals surface area contributed by atoms with Gasteiger partial charge in [0.15, 0.2) is 0 Å². The number of nitrogens with zero attached hydrogens (tertiary/aromatic N) is 1. The second kappa shape index (κ2) is 10.6. The van der Waals surface area contributed by atoms with E-state index in [9.17, 15) is 18.0 Å². The van der Waals surface area contributed by atoms with Crippen LogP contribution in [0.5, 0.6) is 5.75 Å². The third kappa shape index (κ3) is 5.86. The van der Waals surface area contributed by atoms with Gasteiger partial charge in [-0.1, -0.05) is 30.3 Å². The van der Waals surface area contributed by atoms with Gasteiger partial charge in [0.25, 0.3) is 0 Å². The molecule has 0 aliphatic carbocycles. The van der Waals surface area contributed by atoms with Crippen molar-refractivity contribution in [1.82, 2.24) is 14.9 Å². The Balaban J connectivity index is 1.48. The lowest BCUT2D eigenvalue weighted by Crippen LogP contribution is -2.49. The maximum absolute atomic E-state index is 12.9. The summed E-state index contributed by atoms with van der Waals surface area (Å²) in [5.74, 6) is -0.237. The highest BCUT2D eigenvalue weighted by atomic mass is 32.2. The fourth-order valence-corrected chi connectivity index (χ4v) is 5.06. The lowest BCUT2D eigenvalue weighted by atomic mass is 9.97. The van der Waals surface area contributed by atoms with Crippen molar-refractivity contribution in [3.8, 4) is 5.75 Å². The molecule has 0 bridgehead atoms. The quantitative estimate of drug-likeness (QED) is 0.628. The molecule has 0 radical (unpaired) electrons. The first-order valence-corrected chi connectivity index (χ1v) is 12.0. The smallest absolute Gasteiger partial charge is 0.243 e. The van der Waals surface area contributed by atoms with Gasteiger partial charge in [-0.2, -0.15) is 4.31 Å². The van der Waals surface area contributed by atoms with Gasteiger partial charge in [0.2, 0.25) is 21.8 Å². The van der Waals surface area contributed by atoms with Gasteiger partial charge in [0, 0.05) is 25.6 Å². The van der Waals surface area contributed by atoms with Crippen molar-refractivity contribution < 1.29 is 22.7 Å². The number of rotatable bonds is 8. The molecule has 1 aliphatic rings. The van der Waals surface area contributed by atoms with Gasteiger partial charge in [0.1, 0.15) is 11.8 Å². The molecule has 2 N–H and O–H groups in total. The highest BCUT2D eigenvalue weighted by Crippen LogP contribution is 2.25. The molecule has 2 amide bonds. The first-order valence-electron chi connectivity index (χ1n) is 10.6. The maximum atomic E-state index is 12.9. The minimum absolute atomic E-state index is 0.199. The average molecular weight is 460 g/mol. The van der Waals surface area contributed by atoms with Crippen molar-refractivity contribution in [1.29, 1.82) is 0 Å². The van der Waals surface area contributed by atoms with Crippen LogP contribution in [0.2, 0.25) is 0 Å². The van der Waals surface area contributed by atoms with Crippen LogP contribution in [-0.4, -0.2) is 50.8 Å². The van der Waals surface area contributed by atoms with Crippen LogP contribution >= 0.6 is 0 Å². The largest absolute Gasteiger partial charge is 0.497 e. The van der Waals surface area contributed by atoms with Crippen molar-refractivity contribution in [2.45, 2.75) is 37.2 Å². The number of methoxy groups -OCH3 is 1. The molecule has 3 rings (SSSR count). The van der Waals surface area contributed by atoms with Crippen LogP contribution in [0.15, 0.2) is 59.5 Å². The average Bonchev–Trinajstić information content (AvgIpc) is 2.83. The molecule has 1 heterocycles. The van der Waals surface area contributed by atoms with Gasteiger partial charge in [-0.25, -0.2) is 8.42 Å². The first kappa shape index (κ1) is 23.7. The minimum atomic E-state index is -3.62. The lowest BCUT2D eigenvalue weighted by Gasteiger charge is -2.31. The van der Waals surface area contributed by atoms with E-state index in [0.717, 1.165) is 5.56 Å². The van der Waals surface area contributed by atoms with E-state index in [1.54, 1.807) is 19.1 Å². The number of nitrogens with one attached hydrogen (secondary N) is 2. The van der Waals surface area contributed by atoms with Gasteiger partial charge in [0.05, 0.1) is 12.0 Å². The third-order valence-corrected chi connectivity index (χ3v) is 7.50. The van der Waals surface area contributed by atoms with Crippen LogP contribution in [0, 0.1) is 5.92 Å². The monoisotopic (exact) mass is 459 g/mol. The topological polar surface area (TPSA) is 105 Å². The summed E-state index contributed by atoms with van der Waals surface area (Å²) in [5.41, 5.74) is 0.977. The second-order valence-electron chi connectivity index (χ2n) is 7.79. The Labute approximate surface area is 189 Å². The Morgan fingerprint density at radius 1 is 1.06 bits per heavy atom. The Morgan fingerprint density at radius 2 is 1.69 bits per heavy atom. The molecular formula is C23H29N3O5S. The number of hydrogen-bond donors (Lipinski definition) is 2. The maximum Gasteiger partial charge on any atom is 0.243 e. The second-order valence-corrected chi connectivity index (χ2v) is 9.73. The van der Waals surface area contributed by atoms with Crippen LogP contribution < -0.4 is 15.4 Å². The first-order chi connectivity index (χ1) is 15.3. The van der Waals surface area contributed by atoms with E-state index in [0.29, 0.717) is 25.1 Å². The molecular weight excluding hydrogens is 430 g/mol. The molecule has 1 unspecified atom stereocenters. The van der Waals surface area contributed by atoms with Crippen molar-refractivity contribution in [2.24, 2.45) is 5.92 Å². The summed E-state index contributed by atoms with van der Waals surface area (Å²) >= 11 is 0. The van der Waals surface area contributed by atoms with Gasteiger partial charge >= 0.3 is 0 Å². The Bertz CT molecular complexity index is 1020. The van der Waals surface area contributed by atoms with Crippen LogP contribution in [-0.2, 0) is 26.2 Å². The number of ether oxygens (including phenoxy) is 1. The van der Waals surface area contributed by atoms with Gasteiger partial charge in [-0.05, 0) is 49.6 Å². The summed E-state index contributed by atoms with van der Waals surface area (Å²) in [6.07, 6.45) is 0.805. The van der Waals surface area contributed by atoms with Crippen molar-refractivity contribution >= 4 is 21.8 Å². The number of amides is 2.